The van der Waals surface area contributed by atoms with Crippen LogP contribution in [0, 0.1) is 0 Å². The minimum Gasteiger partial charge on any atom is -0.481 e. The van der Waals surface area contributed by atoms with Gasteiger partial charge in [-0.3, -0.25) is 4.79 Å². The molecule has 1 unspecified atom stereocenters. The van der Waals surface area contributed by atoms with E-state index < -0.39 is 18.0 Å². The van der Waals surface area contributed by atoms with E-state index in [1.54, 1.807) is 0 Å². The molecule has 0 aliphatic heterocycles. The van der Waals surface area contributed by atoms with Gasteiger partial charge in [-0.25, -0.2) is 4.79 Å². The Hall–Kier alpha value is -1.36. The summed E-state index contributed by atoms with van der Waals surface area (Å²) in [7, 11) is 0. The second-order valence-corrected chi connectivity index (χ2v) is 8.16. The molecule has 0 amide bonds. The molecule has 0 aromatic rings. The van der Waals surface area contributed by atoms with Crippen LogP contribution in [-0.4, -0.2) is 33.4 Å². The largest absolute Gasteiger partial charge is 0.481 e. The fraction of sp³-hybridized carbons (Fsp3) is 0.840. The van der Waals surface area contributed by atoms with Gasteiger partial charge in [0, 0.05) is 6.42 Å². The summed E-state index contributed by atoms with van der Waals surface area (Å²) < 4.78 is 0. The molecule has 0 aliphatic carbocycles. The molecule has 0 fully saturated rings. The van der Waals surface area contributed by atoms with Crippen molar-refractivity contribution in [3.05, 3.63) is 12.2 Å². The third-order valence-corrected chi connectivity index (χ3v) is 5.01. The van der Waals surface area contributed by atoms with Crippen molar-refractivity contribution < 1.29 is 24.9 Å². The van der Waals surface area contributed by atoms with Gasteiger partial charge in [-0.2, -0.15) is 0 Å². The van der Waals surface area contributed by atoms with Crippen molar-refractivity contribution in [2.45, 2.75) is 136 Å². The topological polar surface area (TPSA) is 94.8 Å². The zero-order chi connectivity index (χ0) is 22.9. The van der Waals surface area contributed by atoms with E-state index >= 15 is 0 Å². The van der Waals surface area contributed by atoms with Crippen LogP contribution in [0.4, 0.5) is 0 Å². The number of aliphatic carboxylic acids is 2. The molecule has 30 heavy (non-hydrogen) atoms. The number of aliphatic hydroxyl groups excluding tert-OH is 1. The molecular weight excluding hydrogens is 380 g/mol. The Morgan fingerprint density at radius 1 is 0.667 bits per heavy atom. The van der Waals surface area contributed by atoms with Gasteiger partial charge in [0.05, 0.1) is 0 Å². The summed E-state index contributed by atoms with van der Waals surface area (Å²) in [5, 5.41) is 24.3. The molecule has 0 aromatic heterocycles. The number of unbranched alkanes of at least 4 members (excludes halogenated alkanes) is 15. The number of carbonyl (C=O) groups is 2. The van der Waals surface area contributed by atoms with Gasteiger partial charge in [0.25, 0.3) is 0 Å². The first-order valence-electron chi connectivity index (χ1n) is 12.2. The van der Waals surface area contributed by atoms with E-state index in [9.17, 15) is 9.59 Å². The maximum Gasteiger partial charge on any atom is 0.332 e. The fourth-order valence-corrected chi connectivity index (χ4v) is 3.05. The zero-order valence-electron chi connectivity index (χ0n) is 19.6. The maximum atomic E-state index is 10.4. The van der Waals surface area contributed by atoms with E-state index in [4.69, 9.17) is 15.3 Å². The highest BCUT2D eigenvalue weighted by Crippen LogP contribution is 2.12. The van der Waals surface area contributed by atoms with Gasteiger partial charge in [0.15, 0.2) is 0 Å². The number of carboxylic acids is 2. The summed E-state index contributed by atoms with van der Waals surface area (Å²) in [5.41, 5.74) is 0. The monoisotopic (exact) mass is 428 g/mol. The van der Waals surface area contributed by atoms with Gasteiger partial charge in [-0.05, 0) is 39.0 Å². The van der Waals surface area contributed by atoms with E-state index in [0.29, 0.717) is 6.42 Å². The first kappa shape index (κ1) is 30.8. The highest BCUT2D eigenvalue weighted by atomic mass is 16.4. The summed E-state index contributed by atoms with van der Waals surface area (Å²) in [6, 6.07) is 0. The van der Waals surface area contributed by atoms with Crippen LogP contribution in [0.15, 0.2) is 12.2 Å². The Morgan fingerprint density at radius 2 is 1.00 bits per heavy atom. The van der Waals surface area contributed by atoms with Crippen LogP contribution in [0.5, 0.6) is 0 Å². The highest BCUT2D eigenvalue weighted by molar-refractivity contribution is 5.71. The molecule has 178 valence electrons. The zero-order valence-corrected chi connectivity index (χ0v) is 19.6. The van der Waals surface area contributed by atoms with Crippen LogP contribution in [-0.2, 0) is 9.59 Å². The third-order valence-electron chi connectivity index (χ3n) is 5.01. The van der Waals surface area contributed by atoms with Crippen molar-refractivity contribution >= 4 is 11.9 Å². The third kappa shape index (κ3) is 31.3. The number of hydrogen-bond acceptors (Lipinski definition) is 3. The molecule has 3 N–H and O–H groups in total. The van der Waals surface area contributed by atoms with Gasteiger partial charge in [-0.1, -0.05) is 96.1 Å². The summed E-state index contributed by atoms with van der Waals surface area (Å²) >= 11 is 0. The van der Waals surface area contributed by atoms with Gasteiger partial charge in [-0.15, -0.1) is 0 Å². The van der Waals surface area contributed by atoms with Gasteiger partial charge in [0.2, 0.25) is 0 Å². The predicted molar refractivity (Wildman–Crippen MR) is 125 cm³/mol. The maximum absolute atomic E-state index is 10.4. The van der Waals surface area contributed by atoms with Crippen LogP contribution in [0.2, 0.25) is 0 Å². The van der Waals surface area contributed by atoms with Crippen LogP contribution in [0.3, 0.4) is 0 Å². The number of aliphatic hydroxyl groups is 1. The molecule has 5 heteroatoms. The SMILES string of the molecule is CC(O)C(=O)O.CCCCCCCC/C=C\CCCCCCCCCCCC(=O)O. The molecule has 5 nitrogen and oxygen atoms in total. The number of allylic oxidation sites excluding steroid dienone is 2. The molecule has 0 aromatic carbocycles. The lowest BCUT2D eigenvalue weighted by Gasteiger charge is -2.01. The van der Waals surface area contributed by atoms with E-state index in [0.717, 1.165) is 12.8 Å². The average Bonchev–Trinajstić information content (AvgIpc) is 2.70. The van der Waals surface area contributed by atoms with Crippen molar-refractivity contribution in [3.63, 3.8) is 0 Å². The highest BCUT2D eigenvalue weighted by Gasteiger charge is 2.01. The van der Waals surface area contributed by atoms with Crippen LogP contribution in [0.1, 0.15) is 129 Å². The smallest absolute Gasteiger partial charge is 0.332 e. The van der Waals surface area contributed by atoms with E-state index in [1.165, 1.54) is 103 Å². The fourth-order valence-electron chi connectivity index (χ4n) is 3.05. The van der Waals surface area contributed by atoms with Crippen LogP contribution < -0.4 is 0 Å². The van der Waals surface area contributed by atoms with Gasteiger partial charge >= 0.3 is 11.9 Å². The lowest BCUT2D eigenvalue weighted by Crippen LogP contribution is -2.13. The summed E-state index contributed by atoms with van der Waals surface area (Å²) in [4.78, 5) is 19.8. The van der Waals surface area contributed by atoms with Crippen molar-refractivity contribution in [2.24, 2.45) is 0 Å². The lowest BCUT2D eigenvalue weighted by molar-refractivity contribution is -0.145. The van der Waals surface area contributed by atoms with Crippen molar-refractivity contribution in [2.75, 3.05) is 0 Å². The van der Waals surface area contributed by atoms with Crippen molar-refractivity contribution in [1.29, 1.82) is 0 Å². The number of carboxylic acid groups (broad SMARTS) is 2. The van der Waals surface area contributed by atoms with E-state index in [-0.39, 0.29) is 0 Å². The van der Waals surface area contributed by atoms with Gasteiger partial charge < -0.3 is 15.3 Å². The average molecular weight is 429 g/mol. The minimum absolute atomic E-state index is 0.340. The summed E-state index contributed by atoms with van der Waals surface area (Å²) in [5.74, 6) is -1.84. The van der Waals surface area contributed by atoms with Crippen molar-refractivity contribution in [3.8, 4) is 0 Å². The summed E-state index contributed by atoms with van der Waals surface area (Å²) in [6.07, 6.45) is 25.9. The first-order chi connectivity index (χ1) is 14.4. The molecule has 0 rings (SSSR count). The molecule has 0 spiro atoms. The second-order valence-electron chi connectivity index (χ2n) is 8.16. The van der Waals surface area contributed by atoms with E-state index in [2.05, 4.69) is 19.1 Å². The number of rotatable bonds is 20. The molecule has 0 saturated heterocycles. The first-order valence-corrected chi connectivity index (χ1v) is 12.2. The predicted octanol–water partition coefficient (Wildman–Crippen LogP) is 7.12. The molecule has 0 radical (unpaired) electrons. The van der Waals surface area contributed by atoms with E-state index in [1.807, 2.05) is 0 Å². The Bertz CT molecular complexity index is 404. The quantitative estimate of drug-likeness (QED) is 0.142. The Morgan fingerprint density at radius 3 is 1.33 bits per heavy atom. The Kier molecular flexibility index (Phi) is 26.4. The lowest BCUT2D eigenvalue weighted by atomic mass is 10.1. The molecule has 0 heterocycles. The molecule has 0 aliphatic rings. The van der Waals surface area contributed by atoms with Crippen molar-refractivity contribution in [1.82, 2.24) is 0 Å². The summed E-state index contributed by atoms with van der Waals surface area (Å²) in [6.45, 7) is 3.47. The molecular formula is C25H48O5. The van der Waals surface area contributed by atoms with Crippen LogP contribution in [0.25, 0.3) is 0 Å². The molecule has 0 bridgehead atoms. The second kappa shape index (κ2) is 25.7. The molecule has 1 atom stereocenters. The Balaban J connectivity index is 0. The molecule has 0 saturated carbocycles. The standard InChI is InChI=1S/C22H42O2.C3H6O3/c1-2-3-4-5-6-7-8-9-10-11-12-13-14-15-16-17-18-19-20-21-22(23)24;1-2(4)3(5)6/h9-10H,2-8,11-21H2,1H3,(H,23,24);2,4H,1H3,(H,5,6)/b10-9-;. The minimum atomic E-state index is -1.23. The number of hydrogen-bond donors (Lipinski definition) is 3. The normalized spacial score (nSPS) is 11.8. The van der Waals surface area contributed by atoms with Crippen LogP contribution >= 0.6 is 0 Å². The Labute approximate surface area is 185 Å². The van der Waals surface area contributed by atoms with Gasteiger partial charge in [0.1, 0.15) is 6.10 Å².